The third-order valence-electron chi connectivity index (χ3n) is 10.5. The molecule has 7 rings (SSSR count). The second-order valence-electron chi connectivity index (χ2n) is 15.7. The van der Waals surface area contributed by atoms with Crippen molar-refractivity contribution in [1.29, 1.82) is 0 Å². The van der Waals surface area contributed by atoms with E-state index in [1.807, 2.05) is 113 Å². The van der Waals surface area contributed by atoms with Gasteiger partial charge in [0.05, 0.1) is 40.0 Å². The Morgan fingerprint density at radius 1 is 0.912 bits per heavy atom. The predicted octanol–water partition coefficient (Wildman–Crippen LogP) is 9.42. The van der Waals surface area contributed by atoms with Gasteiger partial charge in [0.15, 0.2) is 5.76 Å². The molecule has 2 N–H and O–H groups in total. The highest BCUT2D eigenvalue weighted by Crippen LogP contribution is 2.41. The van der Waals surface area contributed by atoms with Crippen LogP contribution in [-0.4, -0.2) is 57.4 Å². The number of halogens is 1. The Labute approximate surface area is 336 Å². The number of nitrogens with one attached hydrogen (secondary N) is 2. The predicted molar refractivity (Wildman–Crippen MR) is 225 cm³/mol. The van der Waals surface area contributed by atoms with Crippen LogP contribution in [0.25, 0.3) is 32.9 Å². The summed E-state index contributed by atoms with van der Waals surface area (Å²) in [6.45, 7) is 14.2. The molecule has 0 radical (unpaired) electrons. The standard InChI is InChI=1S/C46H46ClN5O5/c1-7-40(54)52-37-15-11-10-12-32(37)35-26-30(18-21-38(35)52)44(55)48-24-22-46(5,6)56-25-23-45(3,4)50-39(53)27-36-43-41(28(2)51-57-43)33-13-8-9-14-34(33)42(49-36)29-16-19-31(47)20-17-29/h7-21,26,36H,1,22-25,27H2,2-6H3,(H,48,55)(H,50,53). The van der Waals surface area contributed by atoms with Crippen molar-refractivity contribution in [2.24, 2.45) is 4.99 Å². The van der Waals surface area contributed by atoms with Crippen LogP contribution in [0.3, 0.4) is 0 Å². The topological polar surface area (TPSA) is 128 Å². The van der Waals surface area contributed by atoms with Gasteiger partial charge in [-0.2, -0.15) is 0 Å². The summed E-state index contributed by atoms with van der Waals surface area (Å²) >= 11 is 6.22. The number of carbonyl (C=O) groups is 3. The maximum atomic E-state index is 13.7. The van der Waals surface area contributed by atoms with E-state index in [2.05, 4.69) is 22.4 Å². The first-order chi connectivity index (χ1) is 27.2. The van der Waals surface area contributed by atoms with Gasteiger partial charge in [-0.3, -0.25) is 23.9 Å². The van der Waals surface area contributed by atoms with Gasteiger partial charge < -0.3 is 19.9 Å². The minimum atomic E-state index is -0.607. The lowest BCUT2D eigenvalue weighted by atomic mass is 9.93. The lowest BCUT2D eigenvalue weighted by molar-refractivity contribution is -0.123. The Morgan fingerprint density at radius 2 is 1.61 bits per heavy atom. The van der Waals surface area contributed by atoms with Gasteiger partial charge in [0.1, 0.15) is 6.04 Å². The van der Waals surface area contributed by atoms with Crippen molar-refractivity contribution in [1.82, 2.24) is 20.4 Å². The van der Waals surface area contributed by atoms with Crippen LogP contribution in [0.15, 0.2) is 113 Å². The molecule has 0 bridgehead atoms. The molecule has 10 nitrogen and oxygen atoms in total. The number of fused-ring (bicyclic) bond motifs is 6. The number of nitrogens with zero attached hydrogens (tertiary/aromatic N) is 3. The van der Waals surface area contributed by atoms with Crippen LogP contribution in [0, 0.1) is 6.92 Å². The van der Waals surface area contributed by atoms with Gasteiger partial charge in [-0.25, -0.2) is 0 Å². The summed E-state index contributed by atoms with van der Waals surface area (Å²) in [5, 5.41) is 12.8. The van der Waals surface area contributed by atoms with Gasteiger partial charge in [-0.15, -0.1) is 0 Å². The average Bonchev–Trinajstić information content (AvgIpc) is 3.69. The van der Waals surface area contributed by atoms with Gasteiger partial charge in [0.25, 0.3) is 11.8 Å². The molecular weight excluding hydrogens is 738 g/mol. The molecule has 1 aliphatic heterocycles. The SMILES string of the molecule is C=CC(=O)n1c2ccccc2c2cc(C(=O)NCCC(C)(C)OCCC(C)(C)NC(=O)CC3N=C(c4ccc(Cl)cc4)c4ccccc4-c4c(C)noc43)ccc21. The van der Waals surface area contributed by atoms with E-state index in [0.29, 0.717) is 42.3 Å². The lowest BCUT2D eigenvalue weighted by Gasteiger charge is -2.30. The summed E-state index contributed by atoms with van der Waals surface area (Å²) in [6.07, 6.45) is 2.47. The summed E-state index contributed by atoms with van der Waals surface area (Å²) in [5.41, 5.74) is 5.97. The molecule has 0 spiro atoms. The Bertz CT molecular complexity index is 2550. The highest BCUT2D eigenvalue weighted by atomic mass is 35.5. The molecule has 3 heterocycles. The number of hydrogen-bond donors (Lipinski definition) is 2. The molecule has 0 fully saturated rings. The number of hydrogen-bond acceptors (Lipinski definition) is 7. The molecule has 0 saturated heterocycles. The molecule has 1 aliphatic rings. The largest absolute Gasteiger partial charge is 0.375 e. The number of para-hydroxylation sites is 1. The number of rotatable bonds is 13. The fraction of sp³-hybridized carbons (Fsp3) is 0.283. The van der Waals surface area contributed by atoms with Crippen LogP contribution >= 0.6 is 11.6 Å². The first-order valence-corrected chi connectivity index (χ1v) is 19.5. The van der Waals surface area contributed by atoms with Crippen LogP contribution in [0.2, 0.25) is 5.02 Å². The normalized spacial score (nSPS) is 14.1. The number of aryl methyl sites for hydroxylation is 1. The van der Waals surface area contributed by atoms with E-state index in [4.69, 9.17) is 25.9 Å². The molecule has 0 saturated carbocycles. The van der Waals surface area contributed by atoms with Gasteiger partial charge in [-0.05, 0) is 95.5 Å². The van der Waals surface area contributed by atoms with Gasteiger partial charge in [-0.1, -0.05) is 77.9 Å². The van der Waals surface area contributed by atoms with Gasteiger partial charge >= 0.3 is 0 Å². The Hall–Kier alpha value is -5.84. The van der Waals surface area contributed by atoms with Crippen molar-refractivity contribution in [3.63, 3.8) is 0 Å². The van der Waals surface area contributed by atoms with E-state index in [-0.39, 0.29) is 24.1 Å². The molecule has 1 atom stereocenters. The van der Waals surface area contributed by atoms with E-state index in [1.54, 1.807) is 16.7 Å². The number of amides is 2. The van der Waals surface area contributed by atoms with Crippen LogP contribution in [-0.2, 0) is 9.53 Å². The quantitative estimate of drug-likeness (QED) is 0.112. The van der Waals surface area contributed by atoms with Crippen LogP contribution < -0.4 is 10.6 Å². The summed E-state index contributed by atoms with van der Waals surface area (Å²) in [4.78, 5) is 44.8. The molecule has 11 heteroatoms. The minimum Gasteiger partial charge on any atom is -0.375 e. The summed E-state index contributed by atoms with van der Waals surface area (Å²) in [6, 6.07) is 27.9. The van der Waals surface area contributed by atoms with E-state index in [1.165, 1.54) is 6.08 Å². The summed E-state index contributed by atoms with van der Waals surface area (Å²) < 4.78 is 13.8. The molecule has 0 aliphatic carbocycles. The van der Waals surface area contributed by atoms with Gasteiger partial charge in [0.2, 0.25) is 5.91 Å². The van der Waals surface area contributed by atoms with Crippen LogP contribution in [0.4, 0.5) is 0 Å². The zero-order chi connectivity index (χ0) is 40.5. The Balaban J connectivity index is 0.953. The second-order valence-corrected chi connectivity index (χ2v) is 16.1. The molecule has 6 aromatic rings. The molecule has 1 unspecified atom stereocenters. The van der Waals surface area contributed by atoms with Crippen molar-refractivity contribution in [2.45, 2.75) is 71.1 Å². The van der Waals surface area contributed by atoms with Gasteiger partial charge in [0, 0.05) is 51.2 Å². The fourth-order valence-corrected chi connectivity index (χ4v) is 7.58. The van der Waals surface area contributed by atoms with Crippen LogP contribution in [0.5, 0.6) is 0 Å². The maximum Gasteiger partial charge on any atom is 0.254 e. The van der Waals surface area contributed by atoms with Crippen molar-refractivity contribution in [3.8, 4) is 11.1 Å². The highest BCUT2D eigenvalue weighted by molar-refractivity contribution is 6.30. The number of ether oxygens (including phenoxy) is 1. The summed E-state index contributed by atoms with van der Waals surface area (Å²) in [5.74, 6) is -0.0551. The summed E-state index contributed by atoms with van der Waals surface area (Å²) in [7, 11) is 0. The van der Waals surface area contributed by atoms with Crippen molar-refractivity contribution >= 4 is 56.8 Å². The molecule has 2 amide bonds. The van der Waals surface area contributed by atoms with E-state index in [9.17, 15) is 14.4 Å². The average molecular weight is 784 g/mol. The number of aliphatic imine (C=N–C) groups is 1. The minimum absolute atomic E-state index is 0.0596. The maximum absolute atomic E-state index is 13.7. The number of benzene rings is 4. The second kappa shape index (κ2) is 16.0. The van der Waals surface area contributed by atoms with Crippen LogP contribution in [0.1, 0.15) is 90.7 Å². The smallest absolute Gasteiger partial charge is 0.254 e. The fourth-order valence-electron chi connectivity index (χ4n) is 7.45. The third kappa shape index (κ3) is 8.33. The molecule has 2 aromatic heterocycles. The molecule has 292 valence electrons. The highest BCUT2D eigenvalue weighted by Gasteiger charge is 2.33. The zero-order valence-electron chi connectivity index (χ0n) is 32.8. The van der Waals surface area contributed by atoms with E-state index in [0.717, 1.165) is 55.5 Å². The lowest BCUT2D eigenvalue weighted by Crippen LogP contribution is -2.45. The van der Waals surface area contributed by atoms with Crippen molar-refractivity contribution in [3.05, 3.63) is 137 Å². The Kier molecular flexibility index (Phi) is 11.0. The van der Waals surface area contributed by atoms with E-state index >= 15 is 0 Å². The third-order valence-corrected chi connectivity index (χ3v) is 10.7. The first-order valence-electron chi connectivity index (χ1n) is 19.1. The van der Waals surface area contributed by atoms with E-state index < -0.39 is 17.2 Å². The molecular formula is C46H46ClN5O5. The number of aromatic nitrogens is 2. The molecule has 4 aromatic carbocycles. The van der Waals surface area contributed by atoms with Crippen molar-refractivity contribution < 1.29 is 23.6 Å². The Morgan fingerprint density at radius 3 is 2.37 bits per heavy atom. The number of carbonyl (C=O) groups excluding carboxylic acids is 3. The van der Waals surface area contributed by atoms with Crippen molar-refractivity contribution in [2.75, 3.05) is 13.2 Å². The first kappa shape index (κ1) is 39.4. The number of allylic oxidation sites excluding steroid dienone is 1. The molecule has 57 heavy (non-hydrogen) atoms. The monoisotopic (exact) mass is 783 g/mol. The zero-order valence-corrected chi connectivity index (χ0v) is 33.6.